The molecule has 1 aromatic carbocycles. The smallest absolute Gasteiger partial charge is 0.144 e. The summed E-state index contributed by atoms with van der Waals surface area (Å²) >= 11 is 8.08. The number of allylic oxidation sites excluding steroid dienone is 6. The Morgan fingerprint density at radius 2 is 1.97 bits per heavy atom. The van der Waals surface area contributed by atoms with E-state index in [4.69, 9.17) is 16.6 Å². The van der Waals surface area contributed by atoms with Crippen molar-refractivity contribution in [3.63, 3.8) is 0 Å². The minimum Gasteiger partial charge on any atom is -0.363 e. The molecule has 0 bridgehead atoms. The number of carbonyl (C=O) groups excluding carboxylic acids is 1. The molecule has 2 N–H and O–H groups in total. The maximum Gasteiger partial charge on any atom is 0.144 e. The third-order valence-electron chi connectivity index (χ3n) is 5.58. The lowest BCUT2D eigenvalue weighted by molar-refractivity contribution is -0.108. The average molecular weight is 602 g/mol. The first-order valence-electron chi connectivity index (χ1n) is 11.3. The molecule has 0 amide bonds. The first kappa shape index (κ1) is 28.2. The Bertz CT molecular complexity index is 1060. The van der Waals surface area contributed by atoms with Crippen molar-refractivity contribution in [2.24, 2.45) is 4.99 Å². The molecule has 2 rings (SSSR count). The molecule has 4 nitrogen and oxygen atoms in total. The first-order chi connectivity index (χ1) is 16.3. The number of benzene rings is 1. The standard InChI is InChI=1S/C26H31ClF2IN3O/c1-5-17-13-25(18(6-2)12-24(17)32-20(7-3)8-9-34)33-26(31-15-30)16(4)10-19-11-21(27)23(29)14-22(19)28/h5,9,11-14,20,31,33H,6-8,10,15H2,1-4H3/b17-5-,26-16-,32-24-. The molecule has 1 atom stereocenters. The first-order valence-corrected chi connectivity index (χ1v) is 13.2. The van der Waals surface area contributed by atoms with Gasteiger partial charge in [0.1, 0.15) is 23.7 Å². The van der Waals surface area contributed by atoms with E-state index in [2.05, 4.69) is 46.2 Å². The summed E-state index contributed by atoms with van der Waals surface area (Å²) in [4.78, 5) is 15.8. The Hall–Kier alpha value is -2.00. The molecule has 0 heterocycles. The Morgan fingerprint density at radius 1 is 1.24 bits per heavy atom. The third kappa shape index (κ3) is 7.50. The highest BCUT2D eigenvalue weighted by atomic mass is 127. The van der Waals surface area contributed by atoms with Gasteiger partial charge in [0.05, 0.1) is 21.3 Å². The lowest BCUT2D eigenvalue weighted by Gasteiger charge is -2.24. The summed E-state index contributed by atoms with van der Waals surface area (Å²) < 4.78 is 28.5. The van der Waals surface area contributed by atoms with Gasteiger partial charge in [-0.15, -0.1) is 0 Å². The van der Waals surface area contributed by atoms with E-state index in [1.165, 1.54) is 6.07 Å². The normalized spacial score (nSPS) is 17.8. The maximum atomic E-state index is 14.3. The Kier molecular flexibility index (Phi) is 11.4. The zero-order valence-corrected chi connectivity index (χ0v) is 22.9. The van der Waals surface area contributed by atoms with E-state index in [0.29, 0.717) is 16.5 Å². The zero-order chi connectivity index (χ0) is 25.3. The van der Waals surface area contributed by atoms with Gasteiger partial charge in [0.25, 0.3) is 0 Å². The number of nitrogens with one attached hydrogen (secondary N) is 2. The second-order valence-electron chi connectivity index (χ2n) is 7.93. The maximum absolute atomic E-state index is 14.3. The van der Waals surface area contributed by atoms with Crippen LogP contribution in [0.15, 0.2) is 63.6 Å². The van der Waals surface area contributed by atoms with Crippen LogP contribution in [0.1, 0.15) is 52.5 Å². The molecule has 184 valence electrons. The number of nitrogens with zero attached hydrogens (tertiary/aromatic N) is 1. The molecule has 1 aliphatic rings. The highest BCUT2D eigenvalue weighted by Crippen LogP contribution is 2.26. The van der Waals surface area contributed by atoms with Crippen LogP contribution in [0.2, 0.25) is 5.02 Å². The molecule has 0 aliphatic heterocycles. The average Bonchev–Trinajstić information content (AvgIpc) is 2.82. The predicted octanol–water partition coefficient (Wildman–Crippen LogP) is 6.95. The lowest BCUT2D eigenvalue weighted by Crippen LogP contribution is -2.29. The summed E-state index contributed by atoms with van der Waals surface area (Å²) in [5.74, 6) is -0.643. The fourth-order valence-electron chi connectivity index (χ4n) is 3.60. The SMILES string of the molecule is C/C=C1/C=C(N/C(NCI)=C(/C)Cc2cc(Cl)c(F)cc2F)C(CC)=C/C1=N/C(CC)CC=O. The number of hydrogen-bond acceptors (Lipinski definition) is 4. The largest absolute Gasteiger partial charge is 0.363 e. The molecule has 1 aliphatic carbocycles. The van der Waals surface area contributed by atoms with Crippen molar-refractivity contribution in [1.29, 1.82) is 0 Å². The lowest BCUT2D eigenvalue weighted by atomic mass is 9.94. The van der Waals surface area contributed by atoms with Crippen LogP contribution in [0.4, 0.5) is 8.78 Å². The third-order valence-corrected chi connectivity index (χ3v) is 6.25. The fourth-order valence-corrected chi connectivity index (χ4v) is 4.16. The molecule has 0 radical (unpaired) electrons. The quantitative estimate of drug-likeness (QED) is 0.0949. The Morgan fingerprint density at radius 3 is 2.56 bits per heavy atom. The number of halogens is 4. The number of aliphatic imine (C=N–C) groups is 1. The monoisotopic (exact) mass is 601 g/mol. The number of rotatable bonds is 11. The topological polar surface area (TPSA) is 53.5 Å². The van der Waals surface area contributed by atoms with Gasteiger partial charge in [0.15, 0.2) is 0 Å². The molecule has 1 aromatic rings. The molecule has 0 fully saturated rings. The molecule has 34 heavy (non-hydrogen) atoms. The summed E-state index contributed by atoms with van der Waals surface area (Å²) in [6.45, 7) is 7.94. The number of carbonyl (C=O) groups is 1. The summed E-state index contributed by atoms with van der Waals surface area (Å²) in [6, 6.07) is 2.10. The highest BCUT2D eigenvalue weighted by Gasteiger charge is 2.18. The van der Waals surface area contributed by atoms with Gasteiger partial charge in [-0.05, 0) is 73.6 Å². The summed E-state index contributed by atoms with van der Waals surface area (Å²) in [5, 5.41) is 6.69. The molecule has 8 heteroatoms. The summed E-state index contributed by atoms with van der Waals surface area (Å²) in [7, 11) is 0. The van der Waals surface area contributed by atoms with Crippen LogP contribution in [-0.4, -0.2) is 22.6 Å². The van der Waals surface area contributed by atoms with E-state index >= 15 is 0 Å². The molecule has 0 saturated carbocycles. The molecule has 0 saturated heterocycles. The van der Waals surface area contributed by atoms with E-state index in [1.807, 2.05) is 32.9 Å². The van der Waals surface area contributed by atoms with Crippen molar-refractivity contribution >= 4 is 46.2 Å². The van der Waals surface area contributed by atoms with Gasteiger partial charge in [-0.25, -0.2) is 8.78 Å². The van der Waals surface area contributed by atoms with Crippen LogP contribution >= 0.6 is 34.2 Å². The van der Waals surface area contributed by atoms with E-state index in [0.717, 1.165) is 59.1 Å². The van der Waals surface area contributed by atoms with Crippen LogP contribution in [-0.2, 0) is 11.2 Å². The van der Waals surface area contributed by atoms with Crippen molar-refractivity contribution < 1.29 is 13.6 Å². The van der Waals surface area contributed by atoms with Crippen molar-refractivity contribution in [2.75, 3.05) is 4.55 Å². The van der Waals surface area contributed by atoms with Gasteiger partial charge in [-0.3, -0.25) is 4.99 Å². The second kappa shape index (κ2) is 13.8. The van der Waals surface area contributed by atoms with Gasteiger partial charge >= 0.3 is 0 Å². The van der Waals surface area contributed by atoms with Gasteiger partial charge in [0.2, 0.25) is 0 Å². The van der Waals surface area contributed by atoms with Crippen molar-refractivity contribution in [2.45, 2.75) is 59.4 Å². The summed E-state index contributed by atoms with van der Waals surface area (Å²) in [6.07, 6.45) is 9.24. The zero-order valence-electron chi connectivity index (χ0n) is 19.9. The summed E-state index contributed by atoms with van der Waals surface area (Å²) in [5.41, 5.74) is 5.00. The van der Waals surface area contributed by atoms with Crippen LogP contribution in [0.5, 0.6) is 0 Å². The van der Waals surface area contributed by atoms with E-state index in [9.17, 15) is 13.6 Å². The number of aldehydes is 1. The minimum atomic E-state index is -0.770. The Labute approximate surface area is 219 Å². The molecule has 0 spiro atoms. The van der Waals surface area contributed by atoms with Crippen molar-refractivity contribution in [3.05, 3.63) is 80.8 Å². The van der Waals surface area contributed by atoms with Crippen LogP contribution < -0.4 is 10.6 Å². The second-order valence-corrected chi connectivity index (χ2v) is 9.10. The molecule has 1 unspecified atom stereocenters. The number of alkyl halides is 1. The van der Waals surface area contributed by atoms with Crippen molar-refractivity contribution in [1.82, 2.24) is 10.6 Å². The molecule has 0 aromatic heterocycles. The van der Waals surface area contributed by atoms with E-state index < -0.39 is 11.6 Å². The minimum absolute atomic E-state index is 0.0458. The van der Waals surface area contributed by atoms with Crippen LogP contribution in [0.25, 0.3) is 0 Å². The fraction of sp³-hybridized carbons (Fsp3) is 0.385. The van der Waals surface area contributed by atoms with Gasteiger partial charge in [-0.1, -0.05) is 54.1 Å². The van der Waals surface area contributed by atoms with Gasteiger partial charge in [0, 0.05) is 18.2 Å². The van der Waals surface area contributed by atoms with E-state index in [-0.39, 0.29) is 17.5 Å². The van der Waals surface area contributed by atoms with Crippen LogP contribution in [0.3, 0.4) is 0 Å². The Balaban J connectivity index is 2.40. The number of hydrogen-bond donors (Lipinski definition) is 2. The van der Waals surface area contributed by atoms with E-state index in [1.54, 1.807) is 0 Å². The van der Waals surface area contributed by atoms with Crippen LogP contribution in [0, 0.1) is 11.6 Å². The molecular formula is C26H31ClF2IN3O. The van der Waals surface area contributed by atoms with Crippen molar-refractivity contribution in [3.8, 4) is 0 Å². The molecular weight excluding hydrogens is 571 g/mol. The van der Waals surface area contributed by atoms with Gasteiger partial charge in [-0.2, -0.15) is 0 Å². The van der Waals surface area contributed by atoms with Gasteiger partial charge < -0.3 is 15.4 Å². The predicted molar refractivity (Wildman–Crippen MR) is 145 cm³/mol. The highest BCUT2D eigenvalue weighted by molar-refractivity contribution is 14.1.